The first-order valence-electron chi connectivity index (χ1n) is 8.41. The number of halogens is 1. The molecule has 3 rings (SSSR count). The quantitative estimate of drug-likeness (QED) is 0.492. The number of fused-ring (bicyclic) bond motifs is 1. The average molecular weight is 371 g/mol. The van der Waals surface area contributed by atoms with E-state index in [1.165, 1.54) is 0 Å². The van der Waals surface area contributed by atoms with Crippen LogP contribution in [0.1, 0.15) is 17.8 Å². The molecule has 5 nitrogen and oxygen atoms in total. The molecule has 0 saturated carbocycles. The third-order valence-corrected chi connectivity index (χ3v) is 4.36. The molecule has 1 heterocycles. The van der Waals surface area contributed by atoms with Crippen molar-refractivity contribution in [1.82, 2.24) is 9.55 Å². The van der Waals surface area contributed by atoms with Gasteiger partial charge in [0.25, 0.3) is 5.56 Å². The van der Waals surface area contributed by atoms with Crippen molar-refractivity contribution in [1.29, 1.82) is 0 Å². The molecule has 0 amide bonds. The summed E-state index contributed by atoms with van der Waals surface area (Å²) in [6, 6.07) is 14.4. The fourth-order valence-corrected chi connectivity index (χ4v) is 2.90. The summed E-state index contributed by atoms with van der Waals surface area (Å²) < 4.78 is 6.88. The summed E-state index contributed by atoms with van der Waals surface area (Å²) in [4.78, 5) is 28.9. The van der Waals surface area contributed by atoms with E-state index < -0.39 is 0 Å². The summed E-state index contributed by atoms with van der Waals surface area (Å²) in [5.41, 5.74) is 1.48. The fourth-order valence-electron chi connectivity index (χ4n) is 2.77. The highest BCUT2D eigenvalue weighted by atomic mass is 35.5. The molecule has 0 unspecified atom stereocenters. The normalized spacial score (nSPS) is 10.8. The number of ether oxygens (including phenoxy) is 1. The standard InChI is InChI=1S/C20H19ClN2O3/c1-14-22-18-6-3-2-5-17(18)20(25)23(14)11-4-12-26-19(24)13-15-7-9-16(21)10-8-15/h2-3,5-10H,4,11-13H2,1H3. The number of hydrogen-bond donors (Lipinski definition) is 0. The number of benzene rings is 2. The van der Waals surface area contributed by atoms with Gasteiger partial charge in [0.15, 0.2) is 0 Å². The van der Waals surface area contributed by atoms with Crippen LogP contribution in [0.15, 0.2) is 53.3 Å². The molecule has 0 aliphatic heterocycles. The molecular formula is C20H19ClN2O3. The lowest BCUT2D eigenvalue weighted by molar-refractivity contribution is -0.143. The molecular weight excluding hydrogens is 352 g/mol. The van der Waals surface area contributed by atoms with Crippen LogP contribution in [0.25, 0.3) is 10.9 Å². The molecule has 0 aliphatic rings. The Hall–Kier alpha value is -2.66. The predicted octanol–water partition coefficient (Wildman–Crippen LogP) is 3.53. The number of rotatable bonds is 6. The zero-order chi connectivity index (χ0) is 18.5. The molecule has 3 aromatic rings. The number of aromatic nitrogens is 2. The van der Waals surface area contributed by atoms with E-state index >= 15 is 0 Å². The lowest BCUT2D eigenvalue weighted by Gasteiger charge is -2.11. The molecule has 1 aromatic heterocycles. The van der Waals surface area contributed by atoms with E-state index in [4.69, 9.17) is 16.3 Å². The second kappa shape index (κ2) is 8.15. The van der Waals surface area contributed by atoms with E-state index in [1.807, 2.05) is 18.2 Å². The molecule has 0 aliphatic carbocycles. The van der Waals surface area contributed by atoms with Crippen molar-refractivity contribution in [3.8, 4) is 0 Å². The van der Waals surface area contributed by atoms with Crippen LogP contribution in [-0.4, -0.2) is 22.1 Å². The molecule has 6 heteroatoms. The van der Waals surface area contributed by atoms with Crippen LogP contribution in [0.2, 0.25) is 5.02 Å². The lowest BCUT2D eigenvalue weighted by Crippen LogP contribution is -2.24. The van der Waals surface area contributed by atoms with E-state index in [0.29, 0.717) is 34.7 Å². The average Bonchev–Trinajstić information content (AvgIpc) is 2.63. The van der Waals surface area contributed by atoms with Gasteiger partial charge in [-0.15, -0.1) is 0 Å². The molecule has 0 saturated heterocycles. The van der Waals surface area contributed by atoms with Crippen molar-refractivity contribution >= 4 is 28.5 Å². The monoisotopic (exact) mass is 370 g/mol. The summed E-state index contributed by atoms with van der Waals surface area (Å²) in [5, 5.41) is 1.23. The van der Waals surface area contributed by atoms with E-state index in [1.54, 1.807) is 41.8 Å². The van der Waals surface area contributed by atoms with Crippen LogP contribution in [0.4, 0.5) is 0 Å². The van der Waals surface area contributed by atoms with Gasteiger partial charge in [0.1, 0.15) is 5.82 Å². The maximum absolute atomic E-state index is 12.6. The number of para-hydroxylation sites is 1. The number of nitrogens with zero attached hydrogens (tertiary/aromatic N) is 2. The van der Waals surface area contributed by atoms with E-state index in [2.05, 4.69) is 4.98 Å². The van der Waals surface area contributed by atoms with Gasteiger partial charge < -0.3 is 4.74 Å². The topological polar surface area (TPSA) is 61.2 Å². The first-order valence-corrected chi connectivity index (χ1v) is 8.78. The van der Waals surface area contributed by atoms with Crippen LogP contribution in [0.3, 0.4) is 0 Å². The maximum Gasteiger partial charge on any atom is 0.310 e. The number of esters is 1. The smallest absolute Gasteiger partial charge is 0.310 e. The number of carbonyl (C=O) groups excluding carboxylic acids is 1. The van der Waals surface area contributed by atoms with Gasteiger partial charge in [-0.3, -0.25) is 14.2 Å². The fraction of sp³-hybridized carbons (Fsp3) is 0.250. The molecule has 0 spiro atoms. The SMILES string of the molecule is Cc1nc2ccccc2c(=O)n1CCCOC(=O)Cc1ccc(Cl)cc1. The highest BCUT2D eigenvalue weighted by molar-refractivity contribution is 6.30. The van der Waals surface area contributed by atoms with Gasteiger partial charge in [-0.1, -0.05) is 35.9 Å². The van der Waals surface area contributed by atoms with Crippen LogP contribution in [0, 0.1) is 6.92 Å². The largest absolute Gasteiger partial charge is 0.465 e. The van der Waals surface area contributed by atoms with Gasteiger partial charge in [-0.2, -0.15) is 0 Å². The molecule has 0 atom stereocenters. The third-order valence-electron chi connectivity index (χ3n) is 4.10. The molecule has 0 N–H and O–H groups in total. The van der Waals surface area contributed by atoms with Gasteiger partial charge in [-0.25, -0.2) is 4.98 Å². The van der Waals surface area contributed by atoms with Crippen molar-refractivity contribution < 1.29 is 9.53 Å². The van der Waals surface area contributed by atoms with Gasteiger partial charge in [0.05, 0.1) is 23.9 Å². The minimum Gasteiger partial charge on any atom is -0.465 e. The van der Waals surface area contributed by atoms with Crippen molar-refractivity contribution in [2.75, 3.05) is 6.61 Å². The Balaban J connectivity index is 1.55. The van der Waals surface area contributed by atoms with E-state index in [0.717, 1.165) is 5.56 Å². The minimum atomic E-state index is -0.298. The van der Waals surface area contributed by atoms with Crippen LogP contribution in [0.5, 0.6) is 0 Å². The van der Waals surface area contributed by atoms with Gasteiger partial charge in [0, 0.05) is 11.6 Å². The van der Waals surface area contributed by atoms with Gasteiger partial charge in [-0.05, 0) is 43.2 Å². The van der Waals surface area contributed by atoms with Crippen molar-refractivity contribution in [2.24, 2.45) is 0 Å². The van der Waals surface area contributed by atoms with Crippen molar-refractivity contribution in [2.45, 2.75) is 26.3 Å². The first-order chi connectivity index (χ1) is 12.5. The van der Waals surface area contributed by atoms with Crippen molar-refractivity contribution in [3.05, 3.63) is 75.3 Å². The number of hydrogen-bond acceptors (Lipinski definition) is 4. The highest BCUT2D eigenvalue weighted by Gasteiger charge is 2.08. The first kappa shape index (κ1) is 18.1. The molecule has 0 radical (unpaired) electrons. The van der Waals surface area contributed by atoms with Gasteiger partial charge in [0.2, 0.25) is 0 Å². The molecule has 134 valence electrons. The molecule has 0 fully saturated rings. The summed E-state index contributed by atoms with van der Waals surface area (Å²) >= 11 is 5.82. The Kier molecular flexibility index (Phi) is 5.68. The second-order valence-corrected chi connectivity index (χ2v) is 6.45. The Bertz CT molecular complexity index is 981. The number of carbonyl (C=O) groups is 1. The Morgan fingerprint density at radius 1 is 1.15 bits per heavy atom. The van der Waals surface area contributed by atoms with Crippen molar-refractivity contribution in [3.63, 3.8) is 0 Å². The summed E-state index contributed by atoms with van der Waals surface area (Å²) in [6.07, 6.45) is 0.751. The van der Waals surface area contributed by atoms with E-state index in [9.17, 15) is 9.59 Å². The van der Waals surface area contributed by atoms with Crippen LogP contribution < -0.4 is 5.56 Å². The van der Waals surface area contributed by atoms with E-state index in [-0.39, 0.29) is 24.6 Å². The third kappa shape index (κ3) is 4.29. The number of aryl methyl sites for hydroxylation is 1. The Labute approximate surface area is 156 Å². The second-order valence-electron chi connectivity index (χ2n) is 6.01. The minimum absolute atomic E-state index is 0.0689. The zero-order valence-corrected chi connectivity index (χ0v) is 15.2. The van der Waals surface area contributed by atoms with Crippen LogP contribution >= 0.6 is 11.6 Å². The zero-order valence-electron chi connectivity index (χ0n) is 14.4. The van der Waals surface area contributed by atoms with Crippen LogP contribution in [-0.2, 0) is 22.5 Å². The predicted molar refractivity (Wildman–Crippen MR) is 101 cm³/mol. The summed E-state index contributed by atoms with van der Waals surface area (Å²) in [5.74, 6) is 0.356. The summed E-state index contributed by atoms with van der Waals surface area (Å²) in [6.45, 7) is 2.52. The Morgan fingerprint density at radius 2 is 1.88 bits per heavy atom. The highest BCUT2D eigenvalue weighted by Crippen LogP contribution is 2.11. The maximum atomic E-state index is 12.6. The molecule has 2 aromatic carbocycles. The molecule has 26 heavy (non-hydrogen) atoms. The Morgan fingerprint density at radius 3 is 2.65 bits per heavy atom. The lowest BCUT2D eigenvalue weighted by atomic mass is 10.1. The summed E-state index contributed by atoms with van der Waals surface area (Å²) in [7, 11) is 0. The van der Waals surface area contributed by atoms with Gasteiger partial charge >= 0.3 is 5.97 Å². The molecule has 0 bridgehead atoms.